The van der Waals surface area contributed by atoms with E-state index in [9.17, 15) is 9.18 Å². The number of carbonyl (C=O) groups is 1. The Labute approximate surface area is 124 Å². The minimum absolute atomic E-state index is 0.160. The van der Waals surface area contributed by atoms with Crippen LogP contribution in [-0.2, 0) is 11.2 Å². The maximum absolute atomic E-state index is 13.4. The van der Waals surface area contributed by atoms with Crippen molar-refractivity contribution in [1.29, 1.82) is 0 Å². The monoisotopic (exact) mass is 283 g/mol. The standard InChI is InChI=1S/C18H18FNO/c1-14(15-7-3-2-4-8-15)13-18(21)20-12-11-16-9-5-6-10-17(16)19/h2-10,13H,11-12H2,1H3,(H,20,21)/b14-13+. The molecule has 1 N–H and O–H groups in total. The SMILES string of the molecule is C/C(=C\C(=O)NCCc1ccccc1F)c1ccccc1. The van der Waals surface area contributed by atoms with Crippen LogP contribution in [0.5, 0.6) is 0 Å². The lowest BCUT2D eigenvalue weighted by atomic mass is 10.1. The number of nitrogens with one attached hydrogen (secondary N) is 1. The summed E-state index contributed by atoms with van der Waals surface area (Å²) in [5.74, 6) is -0.393. The van der Waals surface area contributed by atoms with Gasteiger partial charge in [-0.3, -0.25) is 4.79 Å². The Morgan fingerprint density at radius 3 is 2.48 bits per heavy atom. The molecule has 3 heteroatoms. The zero-order valence-corrected chi connectivity index (χ0v) is 12.0. The number of halogens is 1. The van der Waals surface area contributed by atoms with Crippen molar-refractivity contribution in [2.45, 2.75) is 13.3 Å². The van der Waals surface area contributed by atoms with Gasteiger partial charge >= 0.3 is 0 Å². The Bertz CT molecular complexity index is 635. The fourth-order valence-corrected chi connectivity index (χ4v) is 2.05. The van der Waals surface area contributed by atoms with Crippen molar-refractivity contribution in [3.05, 3.63) is 77.6 Å². The molecule has 0 saturated carbocycles. The van der Waals surface area contributed by atoms with Crippen LogP contribution in [0.4, 0.5) is 4.39 Å². The first-order chi connectivity index (χ1) is 10.2. The molecule has 2 aromatic carbocycles. The lowest BCUT2D eigenvalue weighted by molar-refractivity contribution is -0.116. The molecule has 0 atom stereocenters. The zero-order valence-electron chi connectivity index (χ0n) is 12.0. The normalized spacial score (nSPS) is 11.2. The average Bonchev–Trinajstić information content (AvgIpc) is 2.50. The van der Waals surface area contributed by atoms with Crippen molar-refractivity contribution < 1.29 is 9.18 Å². The molecule has 2 rings (SSSR count). The Balaban J connectivity index is 1.87. The number of allylic oxidation sites excluding steroid dienone is 1. The minimum Gasteiger partial charge on any atom is -0.352 e. The van der Waals surface area contributed by atoms with Crippen LogP contribution in [0.25, 0.3) is 5.57 Å². The summed E-state index contributed by atoms with van der Waals surface area (Å²) in [5, 5.41) is 2.78. The second-order valence-electron chi connectivity index (χ2n) is 4.83. The molecule has 2 aromatic rings. The van der Waals surface area contributed by atoms with Crippen LogP contribution in [0.15, 0.2) is 60.7 Å². The maximum atomic E-state index is 13.4. The number of carbonyl (C=O) groups excluding carboxylic acids is 1. The molecule has 0 bridgehead atoms. The molecular weight excluding hydrogens is 265 g/mol. The summed E-state index contributed by atoms with van der Waals surface area (Å²) in [6, 6.07) is 16.3. The molecule has 0 aliphatic carbocycles. The molecule has 21 heavy (non-hydrogen) atoms. The summed E-state index contributed by atoms with van der Waals surface area (Å²) in [5.41, 5.74) is 2.53. The maximum Gasteiger partial charge on any atom is 0.244 e. The molecule has 0 heterocycles. The van der Waals surface area contributed by atoms with E-state index < -0.39 is 0 Å². The number of amides is 1. The van der Waals surface area contributed by atoms with Crippen LogP contribution in [0.2, 0.25) is 0 Å². The number of benzene rings is 2. The summed E-state index contributed by atoms with van der Waals surface area (Å²) in [6.45, 7) is 2.31. The van der Waals surface area contributed by atoms with Crippen molar-refractivity contribution in [2.75, 3.05) is 6.54 Å². The highest BCUT2D eigenvalue weighted by Gasteiger charge is 2.02. The van der Waals surface area contributed by atoms with Gasteiger partial charge in [-0.25, -0.2) is 4.39 Å². The molecule has 0 aliphatic rings. The minimum atomic E-state index is -0.234. The predicted octanol–water partition coefficient (Wildman–Crippen LogP) is 3.59. The number of rotatable bonds is 5. The lowest BCUT2D eigenvalue weighted by Gasteiger charge is -2.05. The summed E-state index contributed by atoms with van der Waals surface area (Å²) in [4.78, 5) is 11.8. The molecule has 0 saturated heterocycles. The third kappa shape index (κ3) is 4.56. The highest BCUT2D eigenvalue weighted by Crippen LogP contribution is 2.12. The number of hydrogen-bond acceptors (Lipinski definition) is 1. The van der Waals surface area contributed by atoms with Crippen LogP contribution in [-0.4, -0.2) is 12.5 Å². The molecule has 0 spiro atoms. The van der Waals surface area contributed by atoms with Crippen molar-refractivity contribution >= 4 is 11.5 Å². The Morgan fingerprint density at radius 1 is 1.10 bits per heavy atom. The first-order valence-corrected chi connectivity index (χ1v) is 6.92. The topological polar surface area (TPSA) is 29.1 Å². The van der Waals surface area contributed by atoms with Crippen LogP contribution in [0.3, 0.4) is 0 Å². The molecule has 1 amide bonds. The van der Waals surface area contributed by atoms with Gasteiger partial charge in [-0.15, -0.1) is 0 Å². The summed E-state index contributed by atoms with van der Waals surface area (Å²) in [6.07, 6.45) is 2.05. The molecule has 0 aliphatic heterocycles. The molecule has 0 fully saturated rings. The predicted molar refractivity (Wildman–Crippen MR) is 83.2 cm³/mol. The first kappa shape index (κ1) is 15.0. The second kappa shape index (κ2) is 7.39. The highest BCUT2D eigenvalue weighted by molar-refractivity contribution is 5.94. The fraction of sp³-hybridized carbons (Fsp3) is 0.167. The van der Waals surface area contributed by atoms with Crippen LogP contribution in [0.1, 0.15) is 18.1 Å². The smallest absolute Gasteiger partial charge is 0.244 e. The Morgan fingerprint density at radius 2 is 1.76 bits per heavy atom. The van der Waals surface area contributed by atoms with Crippen LogP contribution >= 0.6 is 0 Å². The van der Waals surface area contributed by atoms with Gasteiger partial charge in [0, 0.05) is 12.6 Å². The number of hydrogen-bond donors (Lipinski definition) is 1. The Kier molecular flexibility index (Phi) is 5.27. The van der Waals surface area contributed by atoms with Gasteiger partial charge in [0.1, 0.15) is 5.82 Å². The van der Waals surface area contributed by atoms with Crippen LogP contribution < -0.4 is 5.32 Å². The van der Waals surface area contributed by atoms with Gasteiger partial charge in [0.05, 0.1) is 0 Å². The van der Waals surface area contributed by atoms with E-state index in [1.807, 2.05) is 37.3 Å². The van der Waals surface area contributed by atoms with Crippen molar-refractivity contribution in [3.63, 3.8) is 0 Å². The van der Waals surface area contributed by atoms with Crippen molar-refractivity contribution in [1.82, 2.24) is 5.32 Å². The van der Waals surface area contributed by atoms with Gasteiger partial charge in [0.2, 0.25) is 5.91 Å². The van der Waals surface area contributed by atoms with Crippen molar-refractivity contribution in [2.24, 2.45) is 0 Å². The van der Waals surface area contributed by atoms with Gasteiger partial charge in [-0.1, -0.05) is 48.5 Å². The molecule has 0 unspecified atom stereocenters. The van der Waals surface area contributed by atoms with E-state index in [4.69, 9.17) is 0 Å². The third-order valence-electron chi connectivity index (χ3n) is 3.23. The fourth-order valence-electron chi connectivity index (χ4n) is 2.05. The summed E-state index contributed by atoms with van der Waals surface area (Å²) in [7, 11) is 0. The Hall–Kier alpha value is -2.42. The van der Waals surface area contributed by atoms with E-state index in [-0.39, 0.29) is 11.7 Å². The van der Waals surface area contributed by atoms with E-state index in [0.717, 1.165) is 11.1 Å². The summed E-state index contributed by atoms with van der Waals surface area (Å²) >= 11 is 0. The van der Waals surface area contributed by atoms with E-state index >= 15 is 0 Å². The molecule has 108 valence electrons. The summed E-state index contributed by atoms with van der Waals surface area (Å²) < 4.78 is 13.4. The van der Waals surface area contributed by atoms with Gasteiger partial charge < -0.3 is 5.32 Å². The zero-order chi connectivity index (χ0) is 15.1. The average molecular weight is 283 g/mol. The molecule has 0 aromatic heterocycles. The third-order valence-corrected chi connectivity index (χ3v) is 3.23. The van der Waals surface area contributed by atoms with E-state index in [1.165, 1.54) is 6.07 Å². The quantitative estimate of drug-likeness (QED) is 0.835. The largest absolute Gasteiger partial charge is 0.352 e. The molecule has 0 radical (unpaired) electrons. The van der Waals surface area contributed by atoms with Crippen molar-refractivity contribution in [3.8, 4) is 0 Å². The molecular formula is C18H18FNO. The van der Waals surface area contributed by atoms with Gasteiger partial charge in [0.25, 0.3) is 0 Å². The van der Waals surface area contributed by atoms with E-state index in [1.54, 1.807) is 24.3 Å². The molecule has 2 nitrogen and oxygen atoms in total. The van der Waals surface area contributed by atoms with Gasteiger partial charge in [0.15, 0.2) is 0 Å². The van der Waals surface area contributed by atoms with Crippen LogP contribution in [0, 0.1) is 5.82 Å². The second-order valence-corrected chi connectivity index (χ2v) is 4.83. The highest BCUT2D eigenvalue weighted by atomic mass is 19.1. The first-order valence-electron chi connectivity index (χ1n) is 6.92. The van der Waals surface area contributed by atoms with E-state index in [2.05, 4.69) is 5.32 Å². The van der Waals surface area contributed by atoms with Gasteiger partial charge in [-0.05, 0) is 36.1 Å². The van der Waals surface area contributed by atoms with E-state index in [0.29, 0.717) is 18.5 Å². The lowest BCUT2D eigenvalue weighted by Crippen LogP contribution is -2.24. The van der Waals surface area contributed by atoms with Gasteiger partial charge in [-0.2, -0.15) is 0 Å².